The molecule has 0 aliphatic carbocycles. The van der Waals surface area contributed by atoms with Crippen molar-refractivity contribution in [1.29, 1.82) is 0 Å². The summed E-state index contributed by atoms with van der Waals surface area (Å²) in [5.74, 6) is 8.06. The molecule has 0 saturated carbocycles. The highest BCUT2D eigenvalue weighted by molar-refractivity contribution is 8.01. The summed E-state index contributed by atoms with van der Waals surface area (Å²) in [6.07, 6.45) is 1.87. The van der Waals surface area contributed by atoms with Gasteiger partial charge in [0.25, 0.3) is 0 Å². The van der Waals surface area contributed by atoms with E-state index in [-0.39, 0.29) is 5.75 Å². The highest BCUT2D eigenvalue weighted by Gasteiger charge is 2.34. The summed E-state index contributed by atoms with van der Waals surface area (Å²) in [6.45, 7) is 2.32. The molecule has 2 heterocycles. The topological polar surface area (TPSA) is 101 Å². The fourth-order valence-corrected chi connectivity index (χ4v) is 5.41. The second-order valence-corrected chi connectivity index (χ2v) is 8.79. The van der Waals surface area contributed by atoms with E-state index in [0.29, 0.717) is 29.1 Å². The zero-order chi connectivity index (χ0) is 15.5. The maximum absolute atomic E-state index is 12.3. The van der Waals surface area contributed by atoms with Crippen LogP contribution in [0.1, 0.15) is 6.92 Å². The monoisotopic (exact) mass is 349 g/mol. The molecule has 2 rings (SSSR count). The van der Waals surface area contributed by atoms with Gasteiger partial charge in [0.15, 0.2) is 15.0 Å². The Kier molecular flexibility index (Phi) is 5.58. The second kappa shape index (κ2) is 7.03. The van der Waals surface area contributed by atoms with Crippen molar-refractivity contribution in [2.24, 2.45) is 5.84 Å². The smallest absolute Gasteiger partial charge is 0.191 e. The van der Waals surface area contributed by atoms with Crippen LogP contribution in [0.25, 0.3) is 0 Å². The number of rotatable bonds is 5. The van der Waals surface area contributed by atoms with E-state index in [0.717, 1.165) is 5.75 Å². The lowest BCUT2D eigenvalue weighted by Crippen LogP contribution is -2.48. The number of nitrogen functional groups attached to an aromatic ring is 1. The standard InChI is InChI=1S/C11H19N5O2S3/c1-3-21(17,18)10-7-20-5-4-16(10)9-6-8(15-12)13-11(14-9)19-2/h6,10H,3-5,7,12H2,1-2H3,(H,13,14,15). The first-order chi connectivity index (χ1) is 10.0. The van der Waals surface area contributed by atoms with Crippen LogP contribution >= 0.6 is 23.5 Å². The van der Waals surface area contributed by atoms with Gasteiger partial charge in [-0.15, -0.1) is 0 Å². The Morgan fingerprint density at radius 1 is 1.57 bits per heavy atom. The van der Waals surface area contributed by atoms with Crippen LogP contribution in [0.4, 0.5) is 11.6 Å². The molecule has 1 aromatic rings. The van der Waals surface area contributed by atoms with Gasteiger partial charge in [-0.25, -0.2) is 24.2 Å². The molecule has 3 N–H and O–H groups in total. The van der Waals surface area contributed by atoms with Crippen molar-refractivity contribution in [3.63, 3.8) is 0 Å². The first-order valence-corrected chi connectivity index (χ1v) is 10.6. The zero-order valence-electron chi connectivity index (χ0n) is 11.9. The van der Waals surface area contributed by atoms with Crippen LogP contribution in [0.3, 0.4) is 0 Å². The maximum atomic E-state index is 12.3. The average molecular weight is 350 g/mol. The van der Waals surface area contributed by atoms with E-state index < -0.39 is 15.2 Å². The van der Waals surface area contributed by atoms with E-state index in [1.165, 1.54) is 11.8 Å². The maximum Gasteiger partial charge on any atom is 0.191 e. The molecular weight excluding hydrogens is 330 g/mol. The van der Waals surface area contributed by atoms with Crippen molar-refractivity contribution in [1.82, 2.24) is 9.97 Å². The fraction of sp³-hybridized carbons (Fsp3) is 0.636. The van der Waals surface area contributed by atoms with Gasteiger partial charge in [0, 0.05) is 29.9 Å². The van der Waals surface area contributed by atoms with Crippen molar-refractivity contribution in [2.45, 2.75) is 17.5 Å². The Morgan fingerprint density at radius 2 is 2.33 bits per heavy atom. The minimum Gasteiger partial charge on any atom is -0.338 e. The van der Waals surface area contributed by atoms with Crippen LogP contribution in [0.15, 0.2) is 11.2 Å². The largest absolute Gasteiger partial charge is 0.338 e. The first-order valence-electron chi connectivity index (χ1n) is 6.47. The van der Waals surface area contributed by atoms with E-state index >= 15 is 0 Å². The Morgan fingerprint density at radius 3 is 2.95 bits per heavy atom. The molecule has 0 spiro atoms. The van der Waals surface area contributed by atoms with Crippen LogP contribution < -0.4 is 16.2 Å². The number of nitrogens with zero attached hydrogens (tertiary/aromatic N) is 3. The summed E-state index contributed by atoms with van der Waals surface area (Å²) in [5, 5.41) is 0.0165. The van der Waals surface area contributed by atoms with Gasteiger partial charge in [0.05, 0.1) is 0 Å². The third-order valence-electron chi connectivity index (χ3n) is 3.22. The van der Waals surface area contributed by atoms with Crippen molar-refractivity contribution < 1.29 is 8.42 Å². The second-order valence-electron chi connectivity index (χ2n) is 4.42. The molecule has 7 nitrogen and oxygen atoms in total. The molecule has 1 saturated heterocycles. The number of aromatic nitrogens is 2. The third-order valence-corrected chi connectivity index (χ3v) is 7.05. The van der Waals surface area contributed by atoms with Crippen LogP contribution in [0.5, 0.6) is 0 Å². The molecular formula is C11H19N5O2S3. The summed E-state index contributed by atoms with van der Waals surface area (Å²) >= 11 is 3.05. The Labute approximate surface area is 133 Å². The molecule has 0 bridgehead atoms. The van der Waals surface area contributed by atoms with Crippen LogP contribution in [0.2, 0.25) is 0 Å². The molecule has 1 aliphatic heterocycles. The molecule has 1 aromatic heterocycles. The summed E-state index contributed by atoms with van der Waals surface area (Å²) in [4.78, 5) is 10.5. The molecule has 10 heteroatoms. The van der Waals surface area contributed by atoms with Gasteiger partial charge < -0.3 is 10.3 Å². The Hall–Kier alpha value is -0.710. The number of sulfone groups is 1. The molecule has 1 unspecified atom stereocenters. The number of nitrogens with two attached hydrogens (primary N) is 1. The van der Waals surface area contributed by atoms with E-state index in [2.05, 4.69) is 15.4 Å². The molecule has 118 valence electrons. The quantitative estimate of drug-likeness (QED) is 0.346. The Bertz CT molecular complexity index is 573. The van der Waals surface area contributed by atoms with Crippen molar-refractivity contribution in [2.75, 3.05) is 40.4 Å². The number of hydrogen-bond acceptors (Lipinski definition) is 9. The van der Waals surface area contributed by atoms with Gasteiger partial charge in [-0.05, 0) is 6.26 Å². The zero-order valence-corrected chi connectivity index (χ0v) is 14.4. The molecule has 1 atom stereocenters. The molecule has 21 heavy (non-hydrogen) atoms. The highest BCUT2D eigenvalue weighted by Crippen LogP contribution is 2.28. The molecule has 1 aliphatic rings. The number of hydrogen-bond donors (Lipinski definition) is 2. The van der Waals surface area contributed by atoms with Gasteiger partial charge >= 0.3 is 0 Å². The van der Waals surface area contributed by atoms with Crippen molar-refractivity contribution >= 4 is 45.0 Å². The number of hydrazine groups is 1. The summed E-state index contributed by atoms with van der Waals surface area (Å²) in [6, 6.07) is 1.69. The van der Waals surface area contributed by atoms with Crippen LogP contribution in [0, 0.1) is 0 Å². The van der Waals surface area contributed by atoms with Crippen molar-refractivity contribution in [3.05, 3.63) is 6.07 Å². The van der Waals surface area contributed by atoms with Gasteiger partial charge in [0.2, 0.25) is 0 Å². The van der Waals surface area contributed by atoms with Crippen molar-refractivity contribution in [3.8, 4) is 0 Å². The third kappa shape index (κ3) is 3.74. The summed E-state index contributed by atoms with van der Waals surface area (Å²) in [5.41, 5.74) is 2.50. The molecule has 0 aromatic carbocycles. The summed E-state index contributed by atoms with van der Waals surface area (Å²) < 4.78 is 24.6. The fourth-order valence-electron chi connectivity index (χ4n) is 2.06. The number of anilines is 2. The van der Waals surface area contributed by atoms with Crippen LogP contribution in [-0.4, -0.2) is 53.8 Å². The minimum atomic E-state index is -3.17. The normalized spacial score (nSPS) is 19.6. The minimum absolute atomic E-state index is 0.122. The highest BCUT2D eigenvalue weighted by atomic mass is 32.2. The predicted octanol–water partition coefficient (Wildman–Crippen LogP) is 0.798. The Balaban J connectivity index is 2.42. The van der Waals surface area contributed by atoms with Gasteiger partial charge in [-0.1, -0.05) is 18.7 Å². The van der Waals surface area contributed by atoms with E-state index in [4.69, 9.17) is 5.84 Å². The lowest BCUT2D eigenvalue weighted by molar-refractivity contribution is 0.578. The molecule has 1 fully saturated rings. The van der Waals surface area contributed by atoms with E-state index in [1.807, 2.05) is 11.2 Å². The molecule has 0 amide bonds. The van der Waals surface area contributed by atoms with E-state index in [9.17, 15) is 8.42 Å². The first kappa shape index (κ1) is 16.7. The summed E-state index contributed by atoms with van der Waals surface area (Å²) in [7, 11) is -3.17. The lowest BCUT2D eigenvalue weighted by Gasteiger charge is -2.35. The van der Waals surface area contributed by atoms with Gasteiger partial charge in [-0.3, -0.25) is 0 Å². The molecule has 0 radical (unpaired) electrons. The van der Waals surface area contributed by atoms with Gasteiger partial charge in [-0.2, -0.15) is 11.8 Å². The predicted molar refractivity (Wildman–Crippen MR) is 89.5 cm³/mol. The number of thioether (sulfide) groups is 2. The van der Waals surface area contributed by atoms with Crippen LogP contribution in [-0.2, 0) is 9.84 Å². The van der Waals surface area contributed by atoms with Gasteiger partial charge in [0.1, 0.15) is 17.0 Å². The number of nitrogens with one attached hydrogen (secondary N) is 1. The van der Waals surface area contributed by atoms with E-state index in [1.54, 1.807) is 24.8 Å². The lowest BCUT2D eigenvalue weighted by atomic mass is 10.4. The average Bonchev–Trinajstić information content (AvgIpc) is 2.54. The SMILES string of the molecule is CCS(=O)(=O)C1CSCCN1c1cc(NN)nc(SC)n1.